The zero-order chi connectivity index (χ0) is 20.8. The Morgan fingerprint density at radius 1 is 1.03 bits per heavy atom. The predicted molar refractivity (Wildman–Crippen MR) is 113 cm³/mol. The summed E-state index contributed by atoms with van der Waals surface area (Å²) in [6.45, 7) is 6.25. The minimum Gasteiger partial charge on any atom is -0.494 e. The molecule has 2 heterocycles. The van der Waals surface area contributed by atoms with E-state index in [1.165, 1.54) is 0 Å². The number of hydrogen-bond donors (Lipinski definition) is 0. The molecule has 0 unspecified atom stereocenters. The first-order valence-electron chi connectivity index (χ1n) is 10.4. The van der Waals surface area contributed by atoms with Crippen molar-refractivity contribution in [2.75, 3.05) is 32.8 Å². The SMILES string of the molecule is CCOc1ccc(C(=O)N2CCCN(Cc3noc(-c4ccccc4)n3)CC2)cc1. The smallest absolute Gasteiger partial charge is 0.257 e. The number of hydrogen-bond acceptors (Lipinski definition) is 6. The van der Waals surface area contributed by atoms with Gasteiger partial charge in [-0.2, -0.15) is 4.98 Å². The molecule has 7 heteroatoms. The number of amides is 1. The van der Waals surface area contributed by atoms with Crippen LogP contribution in [0.2, 0.25) is 0 Å². The van der Waals surface area contributed by atoms with Gasteiger partial charge in [-0.15, -0.1) is 0 Å². The molecule has 7 nitrogen and oxygen atoms in total. The fourth-order valence-corrected chi connectivity index (χ4v) is 3.59. The molecule has 1 fully saturated rings. The van der Waals surface area contributed by atoms with E-state index in [4.69, 9.17) is 9.26 Å². The van der Waals surface area contributed by atoms with Crippen LogP contribution >= 0.6 is 0 Å². The van der Waals surface area contributed by atoms with Crippen molar-refractivity contribution in [2.45, 2.75) is 19.9 Å². The number of carbonyl (C=O) groups is 1. The minimum atomic E-state index is 0.0609. The molecule has 1 aromatic heterocycles. The summed E-state index contributed by atoms with van der Waals surface area (Å²) in [4.78, 5) is 21.6. The molecule has 0 spiro atoms. The second-order valence-electron chi connectivity index (χ2n) is 7.26. The van der Waals surface area contributed by atoms with E-state index in [0.29, 0.717) is 37.0 Å². The Balaban J connectivity index is 1.34. The second kappa shape index (κ2) is 9.54. The van der Waals surface area contributed by atoms with Crippen LogP contribution in [0.15, 0.2) is 59.1 Å². The fourth-order valence-electron chi connectivity index (χ4n) is 3.59. The van der Waals surface area contributed by atoms with Crippen LogP contribution in [0.4, 0.5) is 0 Å². The lowest BCUT2D eigenvalue weighted by molar-refractivity contribution is 0.0761. The first-order valence-corrected chi connectivity index (χ1v) is 10.4. The first-order chi connectivity index (χ1) is 14.7. The molecule has 0 atom stereocenters. The number of ether oxygens (including phenoxy) is 1. The van der Waals surface area contributed by atoms with Crippen LogP contribution in [0.25, 0.3) is 11.5 Å². The van der Waals surface area contributed by atoms with Gasteiger partial charge in [0, 0.05) is 37.3 Å². The number of benzene rings is 2. The molecule has 0 aliphatic carbocycles. The van der Waals surface area contributed by atoms with Crippen molar-refractivity contribution in [3.05, 3.63) is 66.0 Å². The van der Waals surface area contributed by atoms with Gasteiger partial charge in [-0.3, -0.25) is 9.69 Å². The molecule has 1 aliphatic heterocycles. The van der Waals surface area contributed by atoms with Gasteiger partial charge in [0.25, 0.3) is 11.8 Å². The van der Waals surface area contributed by atoms with Crippen LogP contribution < -0.4 is 4.74 Å². The number of carbonyl (C=O) groups excluding carboxylic acids is 1. The maximum Gasteiger partial charge on any atom is 0.257 e. The number of rotatable bonds is 6. The van der Waals surface area contributed by atoms with Crippen LogP contribution in [-0.2, 0) is 6.54 Å². The summed E-state index contributed by atoms with van der Waals surface area (Å²) in [7, 11) is 0. The Hall–Kier alpha value is -3.19. The molecular formula is C23H26N4O3. The van der Waals surface area contributed by atoms with E-state index < -0.39 is 0 Å². The zero-order valence-corrected chi connectivity index (χ0v) is 17.2. The summed E-state index contributed by atoms with van der Waals surface area (Å²) in [6.07, 6.45) is 0.909. The van der Waals surface area contributed by atoms with Crippen LogP contribution in [0.1, 0.15) is 29.5 Å². The van der Waals surface area contributed by atoms with E-state index in [1.54, 1.807) is 0 Å². The Kier molecular flexibility index (Phi) is 6.39. The highest BCUT2D eigenvalue weighted by atomic mass is 16.5. The molecule has 1 saturated heterocycles. The van der Waals surface area contributed by atoms with Gasteiger partial charge in [0.1, 0.15) is 5.75 Å². The van der Waals surface area contributed by atoms with Gasteiger partial charge in [0.05, 0.1) is 13.2 Å². The summed E-state index contributed by atoms with van der Waals surface area (Å²) in [5.74, 6) is 2.05. The highest BCUT2D eigenvalue weighted by molar-refractivity contribution is 5.94. The fraction of sp³-hybridized carbons (Fsp3) is 0.348. The van der Waals surface area contributed by atoms with E-state index in [1.807, 2.05) is 66.4 Å². The summed E-state index contributed by atoms with van der Waals surface area (Å²) in [5.41, 5.74) is 1.61. The summed E-state index contributed by atoms with van der Waals surface area (Å²) < 4.78 is 10.9. The van der Waals surface area contributed by atoms with Crippen LogP contribution in [0.5, 0.6) is 5.75 Å². The largest absolute Gasteiger partial charge is 0.494 e. The molecule has 1 amide bonds. The van der Waals surface area contributed by atoms with Crippen molar-refractivity contribution < 1.29 is 14.1 Å². The average Bonchev–Trinajstić information content (AvgIpc) is 3.12. The first kappa shape index (κ1) is 20.1. The van der Waals surface area contributed by atoms with E-state index in [2.05, 4.69) is 15.0 Å². The number of nitrogens with zero attached hydrogens (tertiary/aromatic N) is 4. The van der Waals surface area contributed by atoms with Gasteiger partial charge >= 0.3 is 0 Å². The highest BCUT2D eigenvalue weighted by Crippen LogP contribution is 2.18. The zero-order valence-electron chi connectivity index (χ0n) is 17.2. The van der Waals surface area contributed by atoms with E-state index >= 15 is 0 Å². The Morgan fingerprint density at radius 2 is 1.83 bits per heavy atom. The lowest BCUT2D eigenvalue weighted by Gasteiger charge is -2.21. The third-order valence-electron chi connectivity index (χ3n) is 5.14. The maximum atomic E-state index is 12.9. The van der Waals surface area contributed by atoms with Crippen LogP contribution in [0, 0.1) is 0 Å². The predicted octanol–water partition coefficient (Wildman–Crippen LogP) is 3.48. The average molecular weight is 406 g/mol. The van der Waals surface area contributed by atoms with Gasteiger partial charge < -0.3 is 14.2 Å². The van der Waals surface area contributed by atoms with Crippen LogP contribution in [0.3, 0.4) is 0 Å². The molecular weight excluding hydrogens is 380 g/mol. The summed E-state index contributed by atoms with van der Waals surface area (Å²) in [5, 5.41) is 4.12. The van der Waals surface area contributed by atoms with Gasteiger partial charge in [-0.05, 0) is 49.7 Å². The van der Waals surface area contributed by atoms with Crippen molar-refractivity contribution in [1.82, 2.24) is 19.9 Å². The Morgan fingerprint density at radius 3 is 2.60 bits per heavy atom. The highest BCUT2D eigenvalue weighted by Gasteiger charge is 2.21. The van der Waals surface area contributed by atoms with Gasteiger partial charge in [-0.1, -0.05) is 23.4 Å². The molecule has 156 valence electrons. The van der Waals surface area contributed by atoms with Crippen molar-refractivity contribution in [3.63, 3.8) is 0 Å². The lowest BCUT2D eigenvalue weighted by atomic mass is 10.2. The van der Waals surface area contributed by atoms with E-state index in [0.717, 1.165) is 37.4 Å². The molecule has 1 aliphatic rings. The molecule has 0 radical (unpaired) electrons. The monoisotopic (exact) mass is 406 g/mol. The third kappa shape index (κ3) is 4.86. The second-order valence-corrected chi connectivity index (χ2v) is 7.26. The van der Waals surface area contributed by atoms with Gasteiger partial charge in [0.2, 0.25) is 0 Å². The summed E-state index contributed by atoms with van der Waals surface area (Å²) >= 11 is 0. The summed E-state index contributed by atoms with van der Waals surface area (Å²) in [6, 6.07) is 17.1. The normalized spacial score (nSPS) is 15.0. The lowest BCUT2D eigenvalue weighted by Crippen LogP contribution is -2.35. The Labute approximate surface area is 176 Å². The maximum absolute atomic E-state index is 12.9. The molecule has 0 N–H and O–H groups in total. The van der Waals surface area contributed by atoms with Crippen LogP contribution in [-0.4, -0.2) is 58.6 Å². The van der Waals surface area contributed by atoms with Crippen molar-refractivity contribution in [1.29, 1.82) is 0 Å². The van der Waals surface area contributed by atoms with E-state index in [-0.39, 0.29) is 5.91 Å². The van der Waals surface area contributed by atoms with Gasteiger partial charge in [0.15, 0.2) is 5.82 Å². The van der Waals surface area contributed by atoms with Crippen molar-refractivity contribution in [2.24, 2.45) is 0 Å². The number of aromatic nitrogens is 2. The van der Waals surface area contributed by atoms with Crippen molar-refractivity contribution >= 4 is 5.91 Å². The molecule has 0 saturated carbocycles. The van der Waals surface area contributed by atoms with Crippen molar-refractivity contribution in [3.8, 4) is 17.2 Å². The molecule has 0 bridgehead atoms. The molecule has 30 heavy (non-hydrogen) atoms. The molecule has 2 aromatic carbocycles. The molecule has 3 aromatic rings. The minimum absolute atomic E-state index is 0.0609. The molecule has 4 rings (SSSR count). The van der Waals surface area contributed by atoms with E-state index in [9.17, 15) is 4.79 Å². The standard InChI is InChI=1S/C23H26N4O3/c1-2-29-20-11-9-19(10-12-20)23(28)27-14-6-13-26(15-16-27)17-21-24-22(30-25-21)18-7-4-3-5-8-18/h3-5,7-12H,2,6,13-17H2,1H3. The van der Waals surface area contributed by atoms with Gasteiger partial charge in [-0.25, -0.2) is 0 Å². The Bertz CT molecular complexity index is 956. The third-order valence-corrected chi connectivity index (χ3v) is 5.14. The topological polar surface area (TPSA) is 71.7 Å². The quantitative estimate of drug-likeness (QED) is 0.624.